The number of nitrogens with zero attached hydrogens (tertiary/aromatic N) is 4. The van der Waals surface area contributed by atoms with E-state index in [9.17, 15) is 8.78 Å². The van der Waals surface area contributed by atoms with Gasteiger partial charge < -0.3 is 10.5 Å². The summed E-state index contributed by atoms with van der Waals surface area (Å²) in [5, 5.41) is 4.82. The first-order valence-electron chi connectivity index (χ1n) is 10.5. The number of hydrogen-bond acceptors (Lipinski definition) is 5. The third kappa shape index (κ3) is 3.04. The summed E-state index contributed by atoms with van der Waals surface area (Å²) in [5.41, 5.74) is 8.01. The van der Waals surface area contributed by atoms with Crippen LogP contribution in [0.3, 0.4) is 0 Å². The Kier molecular flexibility index (Phi) is 3.96. The molecular formula is C21H25F2N5O. The van der Waals surface area contributed by atoms with Gasteiger partial charge in [0.25, 0.3) is 6.43 Å². The zero-order valence-corrected chi connectivity index (χ0v) is 16.2. The number of anilines is 1. The lowest BCUT2D eigenvalue weighted by molar-refractivity contribution is -0.0610. The Morgan fingerprint density at radius 2 is 1.93 bits per heavy atom. The van der Waals surface area contributed by atoms with Crippen LogP contribution in [0.2, 0.25) is 0 Å². The summed E-state index contributed by atoms with van der Waals surface area (Å²) < 4.78 is 34.0. The topological polar surface area (TPSA) is 69.2 Å². The molecule has 6 nitrogen and oxygen atoms in total. The van der Waals surface area contributed by atoms with E-state index in [-0.39, 0.29) is 11.4 Å². The SMILES string of the molecule is Nc1ncc(-c2cc([C@H]3[C@@H]4CN(C5COC5)C[C@@H]43)n(CC3CC3)n2)cc1C(F)F. The number of nitrogens with two attached hydrogens (primary N) is 1. The predicted octanol–water partition coefficient (Wildman–Crippen LogP) is 2.92. The number of halogens is 2. The summed E-state index contributed by atoms with van der Waals surface area (Å²) >= 11 is 0. The summed E-state index contributed by atoms with van der Waals surface area (Å²) in [4.78, 5) is 6.55. The number of hydrogen-bond donors (Lipinski definition) is 1. The van der Waals surface area contributed by atoms with Gasteiger partial charge in [-0.15, -0.1) is 0 Å². The van der Waals surface area contributed by atoms with Crippen LogP contribution in [-0.2, 0) is 11.3 Å². The van der Waals surface area contributed by atoms with Gasteiger partial charge in [-0.05, 0) is 42.7 Å². The number of ether oxygens (including phenoxy) is 1. The van der Waals surface area contributed by atoms with Crippen molar-refractivity contribution in [3.05, 3.63) is 29.6 Å². The van der Waals surface area contributed by atoms with E-state index in [1.54, 1.807) is 6.20 Å². The van der Waals surface area contributed by atoms with Crippen molar-refractivity contribution in [1.29, 1.82) is 0 Å². The molecule has 2 saturated carbocycles. The lowest BCUT2D eigenvalue weighted by Crippen LogP contribution is -2.48. The van der Waals surface area contributed by atoms with E-state index >= 15 is 0 Å². The Balaban J connectivity index is 1.28. The minimum absolute atomic E-state index is 0.113. The molecule has 4 fully saturated rings. The quantitative estimate of drug-likeness (QED) is 0.806. The molecular weight excluding hydrogens is 376 g/mol. The molecule has 0 amide bonds. The summed E-state index contributed by atoms with van der Waals surface area (Å²) in [6, 6.07) is 4.14. The van der Waals surface area contributed by atoms with Gasteiger partial charge in [0.15, 0.2) is 0 Å². The first-order chi connectivity index (χ1) is 14.1. The van der Waals surface area contributed by atoms with Crippen LogP contribution in [-0.4, -0.2) is 52.0 Å². The second kappa shape index (κ2) is 6.47. The van der Waals surface area contributed by atoms with Crippen molar-refractivity contribution in [3.63, 3.8) is 0 Å². The highest BCUT2D eigenvalue weighted by Crippen LogP contribution is 2.59. The molecule has 2 N–H and O–H groups in total. The van der Waals surface area contributed by atoms with Gasteiger partial charge >= 0.3 is 0 Å². The standard InChI is InChI=1S/C21H25F2N5O/c22-20(23)14-3-12(5-25-21(14)24)17-4-18(28(26-17)6-11-1-2-11)19-15-7-27(8-16(15)19)13-9-29-10-13/h3-5,11,13,15-16,19-20H,1-2,6-10H2,(H2,24,25)/t15-,16+,19+. The minimum Gasteiger partial charge on any atom is -0.383 e. The lowest BCUT2D eigenvalue weighted by atomic mass is 10.1. The number of pyridine rings is 1. The smallest absolute Gasteiger partial charge is 0.267 e. The molecule has 0 bridgehead atoms. The molecule has 2 saturated heterocycles. The zero-order chi connectivity index (χ0) is 19.7. The second-order valence-corrected chi connectivity index (χ2v) is 9.08. The average molecular weight is 401 g/mol. The Hall–Kier alpha value is -2.06. The number of piperidine rings is 1. The van der Waals surface area contributed by atoms with E-state index < -0.39 is 6.43 Å². The van der Waals surface area contributed by atoms with E-state index in [2.05, 4.69) is 20.6 Å². The molecule has 0 radical (unpaired) electrons. The van der Waals surface area contributed by atoms with E-state index in [0.29, 0.717) is 35.3 Å². The van der Waals surface area contributed by atoms with Crippen LogP contribution in [0, 0.1) is 17.8 Å². The first-order valence-corrected chi connectivity index (χ1v) is 10.5. The summed E-state index contributed by atoms with van der Waals surface area (Å²) in [6.45, 7) is 4.92. The van der Waals surface area contributed by atoms with Crippen LogP contribution in [0.5, 0.6) is 0 Å². The van der Waals surface area contributed by atoms with Gasteiger partial charge in [0.2, 0.25) is 0 Å². The van der Waals surface area contributed by atoms with Crippen molar-refractivity contribution >= 4 is 5.82 Å². The van der Waals surface area contributed by atoms with Gasteiger partial charge in [-0.2, -0.15) is 5.10 Å². The highest BCUT2D eigenvalue weighted by Gasteiger charge is 2.58. The van der Waals surface area contributed by atoms with Crippen LogP contribution in [0.25, 0.3) is 11.3 Å². The van der Waals surface area contributed by atoms with E-state index in [1.165, 1.54) is 24.6 Å². The number of aromatic nitrogens is 3. The summed E-state index contributed by atoms with van der Waals surface area (Å²) in [5.74, 6) is 2.48. The molecule has 6 rings (SSSR count). The van der Waals surface area contributed by atoms with Crippen molar-refractivity contribution < 1.29 is 13.5 Å². The highest BCUT2D eigenvalue weighted by atomic mass is 19.3. The maximum absolute atomic E-state index is 13.3. The zero-order valence-electron chi connectivity index (χ0n) is 16.2. The van der Waals surface area contributed by atoms with Crippen LogP contribution in [0.1, 0.15) is 36.4 Å². The number of rotatable bonds is 6. The molecule has 3 atom stereocenters. The van der Waals surface area contributed by atoms with Crippen LogP contribution < -0.4 is 5.73 Å². The molecule has 29 heavy (non-hydrogen) atoms. The molecule has 2 aromatic heterocycles. The number of alkyl halides is 2. The molecule has 0 unspecified atom stereocenters. The van der Waals surface area contributed by atoms with E-state index in [0.717, 1.165) is 38.5 Å². The van der Waals surface area contributed by atoms with Crippen molar-refractivity contribution in [2.45, 2.75) is 37.8 Å². The summed E-state index contributed by atoms with van der Waals surface area (Å²) in [6.07, 6.45) is 1.42. The monoisotopic (exact) mass is 401 g/mol. The van der Waals surface area contributed by atoms with E-state index in [4.69, 9.17) is 15.6 Å². The maximum Gasteiger partial charge on any atom is 0.267 e. The van der Waals surface area contributed by atoms with Gasteiger partial charge in [-0.3, -0.25) is 9.58 Å². The molecule has 2 aliphatic carbocycles. The number of fused-ring (bicyclic) bond motifs is 1. The Bertz CT molecular complexity index is 927. The second-order valence-electron chi connectivity index (χ2n) is 9.08. The van der Waals surface area contributed by atoms with Crippen LogP contribution in [0.15, 0.2) is 18.3 Å². The van der Waals surface area contributed by atoms with Gasteiger partial charge in [-0.1, -0.05) is 0 Å². The normalized spacial score (nSPS) is 29.3. The fourth-order valence-corrected chi connectivity index (χ4v) is 5.07. The molecule has 4 aliphatic rings. The molecule has 8 heteroatoms. The van der Waals surface area contributed by atoms with Crippen molar-refractivity contribution in [2.24, 2.45) is 17.8 Å². The first kappa shape index (κ1) is 17.8. The van der Waals surface area contributed by atoms with E-state index in [1.807, 2.05) is 0 Å². The molecule has 0 spiro atoms. The third-order valence-corrected chi connectivity index (χ3v) is 7.12. The van der Waals surface area contributed by atoms with Crippen molar-refractivity contribution in [3.8, 4) is 11.3 Å². The molecule has 2 aliphatic heterocycles. The van der Waals surface area contributed by atoms with Gasteiger partial charge in [0.05, 0.1) is 30.5 Å². The predicted molar refractivity (Wildman–Crippen MR) is 103 cm³/mol. The highest BCUT2D eigenvalue weighted by molar-refractivity contribution is 5.62. The van der Waals surface area contributed by atoms with Crippen molar-refractivity contribution in [1.82, 2.24) is 19.7 Å². The number of likely N-dealkylation sites (tertiary alicyclic amines) is 1. The van der Waals surface area contributed by atoms with Crippen molar-refractivity contribution in [2.75, 3.05) is 32.0 Å². The Morgan fingerprint density at radius 1 is 1.17 bits per heavy atom. The minimum atomic E-state index is -2.64. The van der Waals surface area contributed by atoms with Gasteiger partial charge in [0.1, 0.15) is 5.82 Å². The largest absolute Gasteiger partial charge is 0.383 e. The average Bonchev–Trinajstić information content (AvgIpc) is 3.49. The van der Waals surface area contributed by atoms with Crippen LogP contribution >= 0.6 is 0 Å². The molecule has 0 aromatic carbocycles. The van der Waals surface area contributed by atoms with Crippen LogP contribution in [0.4, 0.5) is 14.6 Å². The fraction of sp³-hybridized carbons (Fsp3) is 0.619. The van der Waals surface area contributed by atoms with Gasteiger partial charge in [-0.25, -0.2) is 13.8 Å². The molecule has 154 valence electrons. The Morgan fingerprint density at radius 3 is 2.55 bits per heavy atom. The summed E-state index contributed by atoms with van der Waals surface area (Å²) in [7, 11) is 0. The molecule has 4 heterocycles. The van der Waals surface area contributed by atoms with Gasteiger partial charge in [0, 0.05) is 43.0 Å². The number of nitrogen functional groups attached to an aromatic ring is 1. The Labute approximate surface area is 168 Å². The third-order valence-electron chi connectivity index (χ3n) is 7.12. The maximum atomic E-state index is 13.3. The molecule has 2 aromatic rings. The fourth-order valence-electron chi connectivity index (χ4n) is 5.07. The lowest BCUT2D eigenvalue weighted by Gasteiger charge is -2.35.